The van der Waals surface area contributed by atoms with Crippen molar-refractivity contribution in [3.05, 3.63) is 46.8 Å². The Hall–Kier alpha value is -1.68. The lowest BCUT2D eigenvalue weighted by Crippen LogP contribution is -2.09. The zero-order valence-electron chi connectivity index (χ0n) is 8.37. The van der Waals surface area contributed by atoms with Gasteiger partial charge in [-0.2, -0.15) is 5.10 Å². The highest BCUT2D eigenvalue weighted by Crippen LogP contribution is 2.08. The van der Waals surface area contributed by atoms with E-state index in [1.807, 2.05) is 49.0 Å². The van der Waals surface area contributed by atoms with Gasteiger partial charge in [-0.05, 0) is 23.6 Å². The third-order valence-electron chi connectivity index (χ3n) is 1.88. The fourth-order valence-corrected chi connectivity index (χ4v) is 1.69. The second-order valence-electron chi connectivity index (χ2n) is 2.97. The van der Waals surface area contributed by atoms with Crippen molar-refractivity contribution in [2.24, 2.45) is 5.10 Å². The molecule has 2 aromatic heterocycles. The number of hydrogen-bond donors (Lipinski definition) is 0. The van der Waals surface area contributed by atoms with E-state index in [4.69, 9.17) is 0 Å². The molecule has 15 heavy (non-hydrogen) atoms. The Morgan fingerprint density at radius 1 is 1.33 bits per heavy atom. The smallest absolute Gasteiger partial charge is 0.148 e. The lowest BCUT2D eigenvalue weighted by molar-refractivity contribution is 0.983. The van der Waals surface area contributed by atoms with Gasteiger partial charge >= 0.3 is 0 Å². The molecule has 0 amide bonds. The van der Waals surface area contributed by atoms with Gasteiger partial charge in [0.05, 0.1) is 6.21 Å². The van der Waals surface area contributed by atoms with Crippen molar-refractivity contribution in [3.8, 4) is 0 Å². The molecule has 0 unspecified atom stereocenters. The Bertz CT molecular complexity index is 422. The van der Waals surface area contributed by atoms with Crippen LogP contribution < -0.4 is 5.01 Å². The SMILES string of the molecule is CN(/N=C/c1cccs1)c1ccccn1. The molecule has 0 aliphatic rings. The van der Waals surface area contributed by atoms with E-state index < -0.39 is 0 Å². The summed E-state index contributed by atoms with van der Waals surface area (Å²) in [5.41, 5.74) is 0. The summed E-state index contributed by atoms with van der Waals surface area (Å²) in [6, 6.07) is 9.79. The van der Waals surface area contributed by atoms with E-state index in [1.165, 1.54) is 0 Å². The molecule has 76 valence electrons. The van der Waals surface area contributed by atoms with Gasteiger partial charge in [-0.25, -0.2) is 4.98 Å². The van der Waals surface area contributed by atoms with Crippen molar-refractivity contribution in [1.29, 1.82) is 0 Å². The molecule has 0 spiro atoms. The Morgan fingerprint density at radius 3 is 2.93 bits per heavy atom. The van der Waals surface area contributed by atoms with Crippen LogP contribution in [0.15, 0.2) is 47.0 Å². The standard InChI is InChI=1S/C11H11N3S/c1-14(11-6-2-3-7-12-11)13-9-10-5-4-8-15-10/h2-9H,1H3/b13-9+. The molecule has 0 aromatic carbocycles. The van der Waals surface area contributed by atoms with Gasteiger partial charge in [-0.1, -0.05) is 12.1 Å². The maximum absolute atomic E-state index is 4.29. The molecular formula is C11H11N3S. The second kappa shape index (κ2) is 4.70. The van der Waals surface area contributed by atoms with E-state index in [2.05, 4.69) is 10.1 Å². The van der Waals surface area contributed by atoms with Gasteiger partial charge in [0.25, 0.3) is 0 Å². The maximum Gasteiger partial charge on any atom is 0.148 e. The maximum atomic E-state index is 4.29. The average molecular weight is 217 g/mol. The van der Waals surface area contributed by atoms with Crippen molar-refractivity contribution in [2.45, 2.75) is 0 Å². The van der Waals surface area contributed by atoms with E-state index in [1.54, 1.807) is 22.5 Å². The van der Waals surface area contributed by atoms with Crippen LogP contribution in [-0.2, 0) is 0 Å². The molecule has 0 saturated heterocycles. The van der Waals surface area contributed by atoms with Crippen molar-refractivity contribution in [3.63, 3.8) is 0 Å². The van der Waals surface area contributed by atoms with Gasteiger partial charge < -0.3 is 0 Å². The van der Waals surface area contributed by atoms with Gasteiger partial charge in [0.1, 0.15) is 5.82 Å². The largest absolute Gasteiger partial charge is 0.251 e. The first-order chi connectivity index (χ1) is 7.36. The minimum Gasteiger partial charge on any atom is -0.251 e. The van der Waals surface area contributed by atoms with E-state index in [-0.39, 0.29) is 0 Å². The number of nitrogens with zero attached hydrogens (tertiary/aromatic N) is 3. The molecule has 0 aliphatic heterocycles. The molecule has 0 bridgehead atoms. The Balaban J connectivity index is 2.07. The highest BCUT2D eigenvalue weighted by molar-refractivity contribution is 7.11. The molecule has 2 heterocycles. The fourth-order valence-electron chi connectivity index (χ4n) is 1.11. The lowest BCUT2D eigenvalue weighted by atomic mass is 10.5. The predicted molar refractivity (Wildman–Crippen MR) is 64.6 cm³/mol. The summed E-state index contributed by atoms with van der Waals surface area (Å²) in [5.74, 6) is 0.838. The third-order valence-corrected chi connectivity index (χ3v) is 2.69. The molecule has 0 saturated carbocycles. The summed E-state index contributed by atoms with van der Waals surface area (Å²) < 4.78 is 0. The quantitative estimate of drug-likeness (QED) is 0.584. The van der Waals surface area contributed by atoms with Crippen molar-refractivity contribution < 1.29 is 0 Å². The summed E-state index contributed by atoms with van der Waals surface area (Å²) in [7, 11) is 1.88. The zero-order valence-corrected chi connectivity index (χ0v) is 9.19. The molecule has 0 N–H and O–H groups in total. The average Bonchev–Trinajstić information content (AvgIpc) is 2.80. The second-order valence-corrected chi connectivity index (χ2v) is 3.95. The summed E-state index contributed by atoms with van der Waals surface area (Å²) in [6.07, 6.45) is 3.59. The highest BCUT2D eigenvalue weighted by atomic mass is 32.1. The molecule has 2 rings (SSSR count). The molecule has 3 nitrogen and oxygen atoms in total. The first-order valence-electron chi connectivity index (χ1n) is 4.58. The van der Waals surface area contributed by atoms with Crippen LogP contribution >= 0.6 is 11.3 Å². The number of hydrazone groups is 1. The first-order valence-corrected chi connectivity index (χ1v) is 5.46. The van der Waals surface area contributed by atoms with Crippen LogP contribution in [0.25, 0.3) is 0 Å². The minimum absolute atomic E-state index is 0.838. The predicted octanol–water partition coefficient (Wildman–Crippen LogP) is 2.61. The normalized spacial score (nSPS) is 10.7. The van der Waals surface area contributed by atoms with E-state index >= 15 is 0 Å². The van der Waals surface area contributed by atoms with Gasteiger partial charge in [-0.15, -0.1) is 11.3 Å². The number of aromatic nitrogens is 1. The summed E-state index contributed by atoms with van der Waals surface area (Å²) in [6.45, 7) is 0. The highest BCUT2D eigenvalue weighted by Gasteiger charge is 1.96. The molecule has 4 heteroatoms. The minimum atomic E-state index is 0.838. The van der Waals surface area contributed by atoms with Crippen LogP contribution in [-0.4, -0.2) is 18.2 Å². The molecule has 0 aliphatic carbocycles. The topological polar surface area (TPSA) is 28.5 Å². The number of rotatable bonds is 3. The molecule has 0 radical (unpaired) electrons. The van der Waals surface area contributed by atoms with E-state index in [0.717, 1.165) is 10.7 Å². The van der Waals surface area contributed by atoms with Crippen molar-refractivity contribution >= 4 is 23.4 Å². The van der Waals surface area contributed by atoms with Gasteiger partial charge in [-0.3, -0.25) is 5.01 Å². The van der Waals surface area contributed by atoms with Crippen LogP contribution in [0.1, 0.15) is 4.88 Å². The number of thiophene rings is 1. The van der Waals surface area contributed by atoms with Crippen LogP contribution in [0.2, 0.25) is 0 Å². The Kier molecular flexibility index (Phi) is 3.09. The van der Waals surface area contributed by atoms with Crippen LogP contribution in [0, 0.1) is 0 Å². The van der Waals surface area contributed by atoms with Crippen molar-refractivity contribution in [1.82, 2.24) is 4.98 Å². The molecular weight excluding hydrogens is 206 g/mol. The lowest BCUT2D eigenvalue weighted by Gasteiger charge is -2.10. The Morgan fingerprint density at radius 2 is 2.27 bits per heavy atom. The van der Waals surface area contributed by atoms with Crippen LogP contribution in [0.4, 0.5) is 5.82 Å². The van der Waals surface area contributed by atoms with Crippen LogP contribution in [0.5, 0.6) is 0 Å². The fraction of sp³-hybridized carbons (Fsp3) is 0.0909. The molecule has 0 atom stereocenters. The van der Waals surface area contributed by atoms with Gasteiger partial charge in [0.15, 0.2) is 0 Å². The summed E-state index contributed by atoms with van der Waals surface area (Å²) >= 11 is 1.66. The van der Waals surface area contributed by atoms with Gasteiger partial charge in [0.2, 0.25) is 0 Å². The molecule has 0 fully saturated rings. The Labute approximate surface area is 92.7 Å². The monoisotopic (exact) mass is 217 g/mol. The summed E-state index contributed by atoms with van der Waals surface area (Å²) in [5, 5.41) is 8.07. The van der Waals surface area contributed by atoms with E-state index in [0.29, 0.717) is 0 Å². The van der Waals surface area contributed by atoms with E-state index in [9.17, 15) is 0 Å². The third kappa shape index (κ3) is 2.63. The first kappa shape index (κ1) is 9.86. The summed E-state index contributed by atoms with van der Waals surface area (Å²) in [4.78, 5) is 5.33. The zero-order chi connectivity index (χ0) is 10.5. The van der Waals surface area contributed by atoms with Crippen molar-refractivity contribution in [2.75, 3.05) is 12.1 Å². The molecule has 2 aromatic rings. The van der Waals surface area contributed by atoms with Gasteiger partial charge in [0, 0.05) is 18.1 Å². The number of pyridine rings is 1. The number of hydrogen-bond acceptors (Lipinski definition) is 4. The van der Waals surface area contributed by atoms with Crippen LogP contribution in [0.3, 0.4) is 0 Å². The number of anilines is 1.